The monoisotopic (exact) mass is 566 g/mol. The minimum Gasteiger partial charge on any atom is -0.383 e. The lowest BCUT2D eigenvalue weighted by atomic mass is 9.82. The van der Waals surface area contributed by atoms with Crippen LogP contribution in [0.15, 0.2) is 68.8 Å². The highest BCUT2D eigenvalue weighted by atomic mass is 32.2. The van der Waals surface area contributed by atoms with Gasteiger partial charge in [0.25, 0.3) is 0 Å². The van der Waals surface area contributed by atoms with Crippen molar-refractivity contribution >= 4 is 32.4 Å². The van der Waals surface area contributed by atoms with Crippen molar-refractivity contribution in [1.82, 2.24) is 20.4 Å². The van der Waals surface area contributed by atoms with E-state index in [4.69, 9.17) is 0 Å². The van der Waals surface area contributed by atoms with Crippen molar-refractivity contribution < 1.29 is 23.1 Å². The third-order valence-corrected chi connectivity index (χ3v) is 9.48. The van der Waals surface area contributed by atoms with Gasteiger partial charge in [0.2, 0.25) is 15.5 Å². The molecule has 3 unspecified atom stereocenters. The SMILES string of the molecule is O=[N+]([O-])c1ccc(NCCc2ccc(S(=O)(=O)NC(O)NC3=C4CCCC4=CC4CCCC34)cc2)c2nonc12. The van der Waals surface area contributed by atoms with Crippen molar-refractivity contribution in [3.05, 3.63) is 75.0 Å². The molecule has 0 bridgehead atoms. The first-order chi connectivity index (χ1) is 19.3. The minimum absolute atomic E-state index is 0.0531. The number of aromatic nitrogens is 2. The molecule has 2 saturated carbocycles. The number of hydrogen-bond donors (Lipinski definition) is 4. The van der Waals surface area contributed by atoms with E-state index in [2.05, 4.69) is 36.4 Å². The average Bonchev–Trinajstić information content (AvgIpc) is 3.69. The quantitative estimate of drug-likeness (QED) is 0.161. The lowest BCUT2D eigenvalue weighted by Gasteiger charge is -2.31. The van der Waals surface area contributed by atoms with E-state index in [1.165, 1.54) is 29.3 Å². The number of nitrogens with zero attached hydrogens (tertiary/aromatic N) is 3. The Balaban J connectivity index is 1.07. The van der Waals surface area contributed by atoms with E-state index in [-0.39, 0.29) is 21.6 Å². The van der Waals surface area contributed by atoms with Gasteiger partial charge in [-0.3, -0.25) is 10.1 Å². The lowest BCUT2D eigenvalue weighted by molar-refractivity contribution is -0.383. The van der Waals surface area contributed by atoms with Crippen LogP contribution in [0.2, 0.25) is 0 Å². The van der Waals surface area contributed by atoms with E-state index in [0.717, 1.165) is 49.8 Å². The van der Waals surface area contributed by atoms with Crippen LogP contribution in [0.5, 0.6) is 0 Å². The number of benzene rings is 2. The highest BCUT2D eigenvalue weighted by Gasteiger charge is 2.37. The van der Waals surface area contributed by atoms with Crippen molar-refractivity contribution in [3.63, 3.8) is 0 Å². The topological polar surface area (TPSA) is 173 Å². The number of anilines is 1. The number of nitro benzene ring substituents is 1. The number of hydrogen-bond acceptors (Lipinski definition) is 10. The third-order valence-electron chi connectivity index (χ3n) is 8.05. The van der Waals surface area contributed by atoms with E-state index in [1.54, 1.807) is 18.2 Å². The molecule has 0 radical (unpaired) electrons. The van der Waals surface area contributed by atoms with Crippen LogP contribution in [0.3, 0.4) is 0 Å². The zero-order valence-electron chi connectivity index (χ0n) is 21.7. The van der Waals surface area contributed by atoms with Gasteiger partial charge in [0.1, 0.15) is 0 Å². The smallest absolute Gasteiger partial charge is 0.300 e. The summed E-state index contributed by atoms with van der Waals surface area (Å²) in [5, 5.41) is 35.5. The molecule has 0 amide bonds. The fourth-order valence-electron chi connectivity index (χ4n) is 6.19. The molecule has 12 nitrogen and oxygen atoms in total. The Morgan fingerprint density at radius 3 is 2.67 bits per heavy atom. The summed E-state index contributed by atoms with van der Waals surface area (Å²) >= 11 is 0. The third kappa shape index (κ3) is 5.07. The molecule has 0 saturated heterocycles. The highest BCUT2D eigenvalue weighted by Crippen LogP contribution is 2.47. The summed E-state index contributed by atoms with van der Waals surface area (Å²) in [5.74, 6) is 0.774. The maximum Gasteiger partial charge on any atom is 0.300 e. The molecule has 3 aliphatic carbocycles. The van der Waals surface area contributed by atoms with Gasteiger partial charge in [0.05, 0.1) is 15.5 Å². The molecule has 3 aromatic rings. The van der Waals surface area contributed by atoms with E-state index in [1.807, 2.05) is 0 Å². The Hall–Kier alpha value is -3.81. The molecule has 0 aliphatic heterocycles. The first kappa shape index (κ1) is 26.4. The van der Waals surface area contributed by atoms with Gasteiger partial charge in [0, 0.05) is 24.2 Å². The van der Waals surface area contributed by atoms with Crippen molar-refractivity contribution in [2.24, 2.45) is 11.8 Å². The molecule has 6 rings (SSSR count). The molecule has 2 aromatic carbocycles. The molecular formula is C27H30N6O6S. The Kier molecular flexibility index (Phi) is 7.02. The Labute approximate surface area is 230 Å². The van der Waals surface area contributed by atoms with Crippen LogP contribution in [-0.2, 0) is 16.4 Å². The van der Waals surface area contributed by atoms with Gasteiger partial charge in [-0.05, 0) is 89.7 Å². The molecule has 3 aliphatic rings. The standard InChI is InChI=1S/C27H30N6O6S/c34-27(29-24-20-5-1-3-17(20)15-18-4-2-6-21(18)24)32-40(37,38)19-9-7-16(8-10-19)13-14-28-22-11-12-23(33(35)36)26-25(22)30-39-31-26/h7-12,15,17,20,27-29,32,34H,1-6,13-14H2. The van der Waals surface area contributed by atoms with Crippen molar-refractivity contribution in [1.29, 1.82) is 0 Å². The summed E-state index contributed by atoms with van der Waals surface area (Å²) < 4.78 is 33.1. The van der Waals surface area contributed by atoms with Gasteiger partial charge in [-0.25, -0.2) is 13.0 Å². The van der Waals surface area contributed by atoms with Crippen LogP contribution >= 0.6 is 0 Å². The van der Waals surface area contributed by atoms with Crippen LogP contribution in [-0.4, -0.2) is 41.7 Å². The van der Waals surface area contributed by atoms with Gasteiger partial charge in [0.15, 0.2) is 11.9 Å². The van der Waals surface area contributed by atoms with Crippen molar-refractivity contribution in [2.75, 3.05) is 11.9 Å². The van der Waals surface area contributed by atoms with Crippen LogP contribution in [0.25, 0.3) is 11.0 Å². The number of aliphatic hydroxyl groups is 1. The number of nitro groups is 1. The minimum atomic E-state index is -3.96. The number of allylic oxidation sites excluding steroid dienone is 4. The number of rotatable bonds is 10. The number of sulfonamides is 1. The average molecular weight is 567 g/mol. The van der Waals surface area contributed by atoms with Crippen LogP contribution < -0.4 is 15.4 Å². The Morgan fingerprint density at radius 2 is 1.88 bits per heavy atom. The molecule has 1 aromatic heterocycles. The molecule has 1 heterocycles. The van der Waals surface area contributed by atoms with Crippen molar-refractivity contribution in [3.8, 4) is 0 Å². The van der Waals surface area contributed by atoms with E-state index < -0.39 is 21.3 Å². The van der Waals surface area contributed by atoms with Gasteiger partial charge < -0.3 is 15.7 Å². The Morgan fingerprint density at radius 1 is 1.07 bits per heavy atom. The maximum absolute atomic E-state index is 13.0. The fourth-order valence-corrected chi connectivity index (χ4v) is 7.18. The van der Waals surface area contributed by atoms with E-state index in [0.29, 0.717) is 30.5 Å². The summed E-state index contributed by atoms with van der Waals surface area (Å²) in [6.45, 7) is 0.461. The first-order valence-electron chi connectivity index (χ1n) is 13.4. The zero-order chi connectivity index (χ0) is 27.9. The number of non-ortho nitro benzene ring substituents is 1. The molecule has 13 heteroatoms. The van der Waals surface area contributed by atoms with Crippen molar-refractivity contribution in [2.45, 2.75) is 56.2 Å². The van der Waals surface area contributed by atoms with Crippen LogP contribution in [0, 0.1) is 22.0 Å². The van der Waals surface area contributed by atoms with Gasteiger partial charge in [-0.2, -0.15) is 4.72 Å². The second-order valence-corrected chi connectivity index (χ2v) is 12.2. The summed E-state index contributed by atoms with van der Waals surface area (Å²) in [6, 6.07) is 9.32. The lowest BCUT2D eigenvalue weighted by Crippen LogP contribution is -2.46. The van der Waals surface area contributed by atoms with Gasteiger partial charge in [-0.15, -0.1) is 0 Å². The molecular weight excluding hydrogens is 536 g/mol. The second-order valence-electron chi connectivity index (χ2n) is 10.5. The number of nitrogens with one attached hydrogen (secondary N) is 3. The molecule has 40 heavy (non-hydrogen) atoms. The summed E-state index contributed by atoms with van der Waals surface area (Å²) in [4.78, 5) is 10.7. The largest absolute Gasteiger partial charge is 0.383 e. The predicted molar refractivity (Wildman–Crippen MR) is 146 cm³/mol. The van der Waals surface area contributed by atoms with E-state index >= 15 is 0 Å². The summed E-state index contributed by atoms with van der Waals surface area (Å²) in [5.41, 5.74) is 5.16. The van der Waals surface area contributed by atoms with Gasteiger partial charge in [-0.1, -0.05) is 24.6 Å². The summed E-state index contributed by atoms with van der Waals surface area (Å²) in [6.07, 6.45) is 7.92. The number of aliphatic hydroxyl groups excluding tert-OH is 1. The summed E-state index contributed by atoms with van der Waals surface area (Å²) in [7, 11) is -3.96. The normalized spacial score (nSPS) is 21.2. The molecule has 3 atom stereocenters. The zero-order valence-corrected chi connectivity index (χ0v) is 22.5. The first-order valence-corrected chi connectivity index (χ1v) is 14.9. The second kappa shape index (κ2) is 10.6. The number of fused-ring (bicyclic) bond motifs is 3. The fraction of sp³-hybridized carbons (Fsp3) is 0.407. The molecule has 210 valence electrons. The molecule has 4 N–H and O–H groups in total. The molecule has 2 fully saturated rings. The van der Waals surface area contributed by atoms with E-state index in [9.17, 15) is 23.6 Å². The van der Waals surface area contributed by atoms with Crippen LogP contribution in [0.4, 0.5) is 11.4 Å². The molecule has 0 spiro atoms. The van der Waals surface area contributed by atoms with Crippen LogP contribution in [0.1, 0.15) is 44.1 Å². The predicted octanol–water partition coefficient (Wildman–Crippen LogP) is 3.72. The maximum atomic E-state index is 13.0. The van der Waals surface area contributed by atoms with Gasteiger partial charge >= 0.3 is 5.69 Å². The highest BCUT2D eigenvalue weighted by molar-refractivity contribution is 7.89. The Bertz CT molecular complexity index is 1610.